The molecule has 0 radical (unpaired) electrons. The molecule has 4 rings (SSSR count). The normalized spacial score (nSPS) is 22.8. The lowest BCUT2D eigenvalue weighted by atomic mass is 9.77. The molecular weight excluding hydrogens is 338 g/mol. The molecule has 2 heterocycles. The first-order valence-corrected chi connectivity index (χ1v) is 8.40. The first kappa shape index (κ1) is 15.8. The van der Waals surface area contributed by atoms with E-state index in [0.717, 1.165) is 11.1 Å². The Morgan fingerprint density at radius 1 is 1.16 bits per heavy atom. The molecule has 1 fully saturated rings. The summed E-state index contributed by atoms with van der Waals surface area (Å²) < 4.78 is 7.44. The Balaban J connectivity index is 1.73. The molecule has 0 unspecified atom stereocenters. The highest BCUT2D eigenvalue weighted by Gasteiger charge is 2.51. The molecule has 0 amide bonds. The highest BCUT2D eigenvalue weighted by molar-refractivity contribution is 6.30. The number of esters is 1. The fourth-order valence-corrected chi connectivity index (χ4v) is 3.48. The quantitative estimate of drug-likeness (QED) is 0.673. The summed E-state index contributed by atoms with van der Waals surface area (Å²) in [6.45, 7) is 0.389. The Morgan fingerprint density at radius 3 is 2.60 bits per heavy atom. The molecule has 3 aromatic rings. The lowest BCUT2D eigenvalue weighted by Crippen LogP contribution is -2.36. The second-order valence-corrected chi connectivity index (χ2v) is 6.63. The third-order valence-electron chi connectivity index (χ3n) is 4.64. The van der Waals surface area contributed by atoms with Crippen LogP contribution < -0.4 is 0 Å². The van der Waals surface area contributed by atoms with Gasteiger partial charge in [-0.15, -0.1) is 0 Å². The molecule has 6 heteroatoms. The van der Waals surface area contributed by atoms with Gasteiger partial charge >= 0.3 is 5.97 Å². The van der Waals surface area contributed by atoms with Crippen molar-refractivity contribution in [3.05, 3.63) is 83.4 Å². The second-order valence-electron chi connectivity index (χ2n) is 6.19. The topological polar surface area (TPSA) is 57.0 Å². The number of rotatable bonds is 4. The summed E-state index contributed by atoms with van der Waals surface area (Å²) in [6.07, 6.45) is 3.31. The van der Waals surface area contributed by atoms with Crippen LogP contribution in [0, 0.1) is 0 Å². The standard InChI is InChI=1S/C19H16ClN3O2/c20-16-8-6-14(7-9-16)17-10-19(18(24)25-17,11-23-13-21-12-22-23)15-4-2-1-3-5-15/h1-9,12-13,17H,10-11H2/t17-,19+/m0/s1. The van der Waals surface area contributed by atoms with Gasteiger partial charge in [0, 0.05) is 11.4 Å². The van der Waals surface area contributed by atoms with Crippen molar-refractivity contribution in [3.63, 3.8) is 0 Å². The number of halogens is 1. The Labute approximate surface area is 150 Å². The Kier molecular flexibility index (Phi) is 4.01. The molecule has 1 aromatic heterocycles. The van der Waals surface area contributed by atoms with Gasteiger partial charge in [-0.1, -0.05) is 54.1 Å². The first-order valence-electron chi connectivity index (χ1n) is 8.02. The maximum Gasteiger partial charge on any atom is 0.319 e. The van der Waals surface area contributed by atoms with Crippen molar-refractivity contribution < 1.29 is 9.53 Å². The number of hydrogen-bond donors (Lipinski definition) is 0. The van der Waals surface area contributed by atoms with Crippen molar-refractivity contribution in [1.29, 1.82) is 0 Å². The number of aromatic nitrogens is 3. The highest BCUT2D eigenvalue weighted by atomic mass is 35.5. The molecule has 0 saturated carbocycles. The zero-order chi connectivity index (χ0) is 17.3. The maximum atomic E-state index is 13.0. The smallest absolute Gasteiger partial charge is 0.319 e. The van der Waals surface area contributed by atoms with Crippen LogP contribution in [0.1, 0.15) is 23.7 Å². The summed E-state index contributed by atoms with van der Waals surface area (Å²) in [5, 5.41) is 4.83. The summed E-state index contributed by atoms with van der Waals surface area (Å²) >= 11 is 5.97. The Bertz CT molecular complexity index is 865. The van der Waals surface area contributed by atoms with Crippen molar-refractivity contribution in [3.8, 4) is 0 Å². The average molecular weight is 354 g/mol. The van der Waals surface area contributed by atoms with Gasteiger partial charge < -0.3 is 4.74 Å². The van der Waals surface area contributed by atoms with E-state index in [1.807, 2.05) is 54.6 Å². The molecule has 1 saturated heterocycles. The maximum absolute atomic E-state index is 13.0. The molecule has 25 heavy (non-hydrogen) atoms. The molecule has 0 N–H and O–H groups in total. The van der Waals surface area contributed by atoms with Crippen LogP contribution in [0.4, 0.5) is 0 Å². The largest absolute Gasteiger partial charge is 0.457 e. The lowest BCUT2D eigenvalue weighted by Gasteiger charge is -2.25. The Morgan fingerprint density at radius 2 is 1.92 bits per heavy atom. The van der Waals surface area contributed by atoms with Crippen molar-refractivity contribution in [2.75, 3.05) is 0 Å². The van der Waals surface area contributed by atoms with E-state index in [2.05, 4.69) is 10.1 Å². The molecule has 2 aromatic carbocycles. The highest BCUT2D eigenvalue weighted by Crippen LogP contribution is 2.45. The summed E-state index contributed by atoms with van der Waals surface area (Å²) in [6, 6.07) is 17.1. The number of ether oxygens (including phenoxy) is 1. The van der Waals surface area contributed by atoms with Crippen molar-refractivity contribution in [1.82, 2.24) is 14.8 Å². The van der Waals surface area contributed by atoms with Crippen LogP contribution in [0.25, 0.3) is 0 Å². The minimum atomic E-state index is -0.792. The van der Waals surface area contributed by atoms with Crippen LogP contribution >= 0.6 is 11.6 Å². The molecule has 0 aliphatic carbocycles. The van der Waals surface area contributed by atoms with E-state index in [-0.39, 0.29) is 12.1 Å². The molecular formula is C19H16ClN3O2. The van der Waals surface area contributed by atoms with Crippen molar-refractivity contribution in [2.24, 2.45) is 0 Å². The zero-order valence-corrected chi connectivity index (χ0v) is 14.1. The van der Waals surface area contributed by atoms with Gasteiger partial charge in [-0.05, 0) is 23.3 Å². The fourth-order valence-electron chi connectivity index (χ4n) is 3.35. The molecule has 2 atom stereocenters. The minimum absolute atomic E-state index is 0.242. The molecule has 0 spiro atoms. The summed E-state index contributed by atoms with van der Waals surface area (Å²) in [5.41, 5.74) is 1.07. The van der Waals surface area contributed by atoms with Gasteiger partial charge in [-0.3, -0.25) is 9.48 Å². The van der Waals surface area contributed by atoms with Crippen molar-refractivity contribution in [2.45, 2.75) is 24.5 Å². The van der Waals surface area contributed by atoms with E-state index < -0.39 is 5.41 Å². The Hall–Kier alpha value is -2.66. The number of carbonyl (C=O) groups excluding carboxylic acids is 1. The fraction of sp³-hybridized carbons (Fsp3) is 0.211. The van der Waals surface area contributed by atoms with E-state index >= 15 is 0 Å². The molecule has 1 aliphatic rings. The molecule has 126 valence electrons. The van der Waals surface area contributed by atoms with Crippen molar-refractivity contribution >= 4 is 17.6 Å². The van der Waals surface area contributed by atoms with Gasteiger partial charge in [0.15, 0.2) is 0 Å². The summed E-state index contributed by atoms with van der Waals surface area (Å²) in [7, 11) is 0. The molecule has 0 bridgehead atoms. The third-order valence-corrected chi connectivity index (χ3v) is 4.89. The van der Waals surface area contributed by atoms with Gasteiger partial charge in [0.2, 0.25) is 0 Å². The van der Waals surface area contributed by atoms with E-state index in [1.54, 1.807) is 11.0 Å². The number of cyclic esters (lactones) is 1. The predicted molar refractivity (Wildman–Crippen MR) is 93.0 cm³/mol. The van der Waals surface area contributed by atoms with Crippen LogP contribution in [-0.2, 0) is 21.5 Å². The van der Waals surface area contributed by atoms with E-state index in [0.29, 0.717) is 18.0 Å². The SMILES string of the molecule is O=C1O[C@H](c2ccc(Cl)cc2)C[C@@]1(Cn1cncn1)c1ccccc1. The van der Waals surface area contributed by atoms with E-state index in [4.69, 9.17) is 16.3 Å². The molecule has 1 aliphatic heterocycles. The van der Waals surface area contributed by atoms with Crippen LogP contribution in [0.3, 0.4) is 0 Å². The van der Waals surface area contributed by atoms with Crippen LogP contribution in [-0.4, -0.2) is 20.7 Å². The van der Waals surface area contributed by atoms with Gasteiger partial charge in [-0.2, -0.15) is 5.10 Å². The number of benzene rings is 2. The van der Waals surface area contributed by atoms with Gasteiger partial charge in [0.1, 0.15) is 24.2 Å². The van der Waals surface area contributed by atoms with E-state index in [1.165, 1.54) is 6.33 Å². The minimum Gasteiger partial charge on any atom is -0.457 e. The average Bonchev–Trinajstić information content (AvgIpc) is 3.26. The van der Waals surface area contributed by atoms with E-state index in [9.17, 15) is 4.79 Å². The van der Waals surface area contributed by atoms with Crippen LogP contribution in [0.5, 0.6) is 0 Å². The van der Waals surface area contributed by atoms with Crippen LogP contribution in [0.2, 0.25) is 5.02 Å². The molecule has 5 nitrogen and oxygen atoms in total. The second kappa shape index (κ2) is 6.33. The predicted octanol–water partition coefficient (Wildman–Crippen LogP) is 3.56. The van der Waals surface area contributed by atoms with Gasteiger partial charge in [0.25, 0.3) is 0 Å². The zero-order valence-electron chi connectivity index (χ0n) is 13.4. The number of nitrogens with zero attached hydrogens (tertiary/aromatic N) is 3. The number of hydrogen-bond acceptors (Lipinski definition) is 4. The number of carbonyl (C=O) groups is 1. The third kappa shape index (κ3) is 2.91. The van der Waals surface area contributed by atoms with Crippen LogP contribution in [0.15, 0.2) is 67.3 Å². The van der Waals surface area contributed by atoms with Gasteiger partial charge in [-0.25, -0.2) is 4.98 Å². The first-order chi connectivity index (χ1) is 12.2. The monoisotopic (exact) mass is 353 g/mol. The summed E-state index contributed by atoms with van der Waals surface area (Å²) in [4.78, 5) is 16.9. The summed E-state index contributed by atoms with van der Waals surface area (Å²) in [5.74, 6) is -0.242. The van der Waals surface area contributed by atoms with Gasteiger partial charge in [0.05, 0.1) is 6.54 Å². The lowest BCUT2D eigenvalue weighted by molar-refractivity contribution is -0.146.